The molecule has 102 valence electrons. The Labute approximate surface area is 121 Å². The van der Waals surface area contributed by atoms with Crippen molar-refractivity contribution in [2.75, 3.05) is 18.5 Å². The average Bonchev–Trinajstić information content (AvgIpc) is 2.82. The molecule has 5 heteroatoms. The molecule has 0 saturated carbocycles. The van der Waals surface area contributed by atoms with Crippen LogP contribution in [0.2, 0.25) is 0 Å². The third-order valence-electron chi connectivity index (χ3n) is 3.10. The van der Waals surface area contributed by atoms with Crippen molar-refractivity contribution in [2.24, 2.45) is 0 Å². The fourth-order valence-electron chi connectivity index (χ4n) is 2.09. The number of halogens is 1. The largest absolute Gasteiger partial charge is 0.461 e. The monoisotopic (exact) mass is 324 g/mol. The minimum absolute atomic E-state index is 0.292. The normalized spacial score (nSPS) is 14.8. The maximum atomic E-state index is 11.6. The van der Waals surface area contributed by atoms with Gasteiger partial charge in [-0.15, -0.1) is 0 Å². The van der Waals surface area contributed by atoms with Crippen molar-refractivity contribution in [3.63, 3.8) is 0 Å². The SMILES string of the molecule is N=C1CCCN1Cc1ccc(C(=O)OCCBr)cc1. The Morgan fingerprint density at radius 2 is 2.11 bits per heavy atom. The Morgan fingerprint density at radius 3 is 2.68 bits per heavy atom. The summed E-state index contributed by atoms with van der Waals surface area (Å²) in [4.78, 5) is 13.7. The molecule has 0 aliphatic carbocycles. The van der Waals surface area contributed by atoms with Crippen LogP contribution < -0.4 is 0 Å². The highest BCUT2D eigenvalue weighted by molar-refractivity contribution is 9.09. The first-order valence-electron chi connectivity index (χ1n) is 6.35. The van der Waals surface area contributed by atoms with E-state index in [0.29, 0.717) is 23.3 Å². The predicted octanol–water partition coefficient (Wildman–Crippen LogP) is 2.81. The van der Waals surface area contributed by atoms with Crippen molar-refractivity contribution in [3.05, 3.63) is 35.4 Å². The third kappa shape index (κ3) is 3.80. The molecule has 1 N–H and O–H groups in total. The number of ether oxygens (including phenoxy) is 1. The van der Waals surface area contributed by atoms with E-state index in [-0.39, 0.29) is 5.97 Å². The van der Waals surface area contributed by atoms with Gasteiger partial charge in [0.2, 0.25) is 0 Å². The number of rotatable bonds is 5. The first-order chi connectivity index (χ1) is 9.20. The van der Waals surface area contributed by atoms with Crippen LogP contribution in [0.1, 0.15) is 28.8 Å². The van der Waals surface area contributed by atoms with Gasteiger partial charge >= 0.3 is 5.97 Å². The molecule has 1 heterocycles. The Morgan fingerprint density at radius 1 is 1.37 bits per heavy atom. The molecular formula is C14H17BrN2O2. The van der Waals surface area contributed by atoms with E-state index in [1.807, 2.05) is 12.1 Å². The van der Waals surface area contributed by atoms with Gasteiger partial charge in [0.25, 0.3) is 0 Å². The Bertz CT molecular complexity index is 459. The summed E-state index contributed by atoms with van der Waals surface area (Å²) >= 11 is 3.21. The topological polar surface area (TPSA) is 53.4 Å². The molecule has 1 aromatic carbocycles. The number of hydrogen-bond acceptors (Lipinski definition) is 3. The molecule has 1 saturated heterocycles. The molecule has 0 spiro atoms. The van der Waals surface area contributed by atoms with Gasteiger partial charge in [0.15, 0.2) is 0 Å². The molecular weight excluding hydrogens is 308 g/mol. The fourth-order valence-corrected chi connectivity index (χ4v) is 2.25. The maximum absolute atomic E-state index is 11.6. The van der Waals surface area contributed by atoms with E-state index >= 15 is 0 Å². The van der Waals surface area contributed by atoms with Gasteiger partial charge in [0.1, 0.15) is 6.61 Å². The zero-order valence-electron chi connectivity index (χ0n) is 10.7. The smallest absolute Gasteiger partial charge is 0.338 e. The fraction of sp³-hybridized carbons (Fsp3) is 0.429. The zero-order chi connectivity index (χ0) is 13.7. The van der Waals surface area contributed by atoms with Crippen LogP contribution in [-0.2, 0) is 11.3 Å². The molecule has 1 aromatic rings. The standard InChI is InChI=1S/C14H17BrN2O2/c15-7-9-19-14(18)12-5-3-11(4-6-12)10-17-8-1-2-13(17)16/h3-6,16H,1-2,7-10H2. The Kier molecular flexibility index (Phi) is 4.96. The van der Waals surface area contributed by atoms with E-state index in [1.165, 1.54) is 0 Å². The molecule has 1 fully saturated rings. The molecule has 1 aliphatic rings. The van der Waals surface area contributed by atoms with E-state index in [9.17, 15) is 4.79 Å². The summed E-state index contributed by atoms with van der Waals surface area (Å²) < 4.78 is 5.04. The van der Waals surface area contributed by atoms with E-state index in [0.717, 1.165) is 31.5 Å². The minimum atomic E-state index is -0.292. The zero-order valence-corrected chi connectivity index (χ0v) is 12.3. The molecule has 0 radical (unpaired) electrons. The highest BCUT2D eigenvalue weighted by Crippen LogP contribution is 2.15. The van der Waals surface area contributed by atoms with Crippen molar-refractivity contribution < 1.29 is 9.53 Å². The first kappa shape index (κ1) is 14.1. The van der Waals surface area contributed by atoms with Crippen LogP contribution in [0.4, 0.5) is 0 Å². The lowest BCUT2D eigenvalue weighted by atomic mass is 10.1. The third-order valence-corrected chi connectivity index (χ3v) is 3.42. The van der Waals surface area contributed by atoms with Gasteiger partial charge in [-0.05, 0) is 24.1 Å². The van der Waals surface area contributed by atoms with Gasteiger partial charge in [-0.1, -0.05) is 28.1 Å². The molecule has 0 atom stereocenters. The van der Waals surface area contributed by atoms with Crippen molar-refractivity contribution in [2.45, 2.75) is 19.4 Å². The summed E-state index contributed by atoms with van der Waals surface area (Å²) in [5.74, 6) is 0.417. The Hall–Kier alpha value is -1.36. The molecule has 19 heavy (non-hydrogen) atoms. The number of nitrogens with zero attached hydrogens (tertiary/aromatic N) is 1. The summed E-state index contributed by atoms with van der Waals surface area (Å²) in [5.41, 5.74) is 1.69. The summed E-state index contributed by atoms with van der Waals surface area (Å²) in [5, 5.41) is 8.44. The van der Waals surface area contributed by atoms with Crippen LogP contribution in [0.25, 0.3) is 0 Å². The van der Waals surface area contributed by atoms with Gasteiger partial charge in [-0.2, -0.15) is 0 Å². The van der Waals surface area contributed by atoms with Crippen molar-refractivity contribution >= 4 is 27.7 Å². The summed E-state index contributed by atoms with van der Waals surface area (Å²) in [7, 11) is 0. The second-order valence-corrected chi connectivity index (χ2v) is 5.29. The summed E-state index contributed by atoms with van der Waals surface area (Å²) in [6, 6.07) is 7.42. The molecule has 0 aromatic heterocycles. The molecule has 2 rings (SSSR count). The number of hydrogen-bond donors (Lipinski definition) is 1. The van der Waals surface area contributed by atoms with Gasteiger partial charge in [0, 0.05) is 24.8 Å². The molecule has 0 unspecified atom stereocenters. The highest BCUT2D eigenvalue weighted by atomic mass is 79.9. The predicted molar refractivity (Wildman–Crippen MR) is 77.9 cm³/mol. The number of likely N-dealkylation sites (tertiary alicyclic amines) is 1. The number of amidine groups is 1. The number of carbonyl (C=O) groups is 1. The van der Waals surface area contributed by atoms with Gasteiger partial charge < -0.3 is 9.64 Å². The van der Waals surface area contributed by atoms with Crippen LogP contribution in [0.15, 0.2) is 24.3 Å². The van der Waals surface area contributed by atoms with Crippen molar-refractivity contribution in [3.8, 4) is 0 Å². The minimum Gasteiger partial charge on any atom is -0.461 e. The number of alkyl halides is 1. The Balaban J connectivity index is 1.94. The molecule has 1 aliphatic heterocycles. The van der Waals surface area contributed by atoms with Gasteiger partial charge in [0.05, 0.1) is 11.4 Å². The van der Waals surface area contributed by atoms with Crippen LogP contribution in [0.5, 0.6) is 0 Å². The van der Waals surface area contributed by atoms with Crippen LogP contribution >= 0.6 is 15.9 Å². The van der Waals surface area contributed by atoms with Crippen LogP contribution in [0.3, 0.4) is 0 Å². The second kappa shape index (κ2) is 6.70. The quantitative estimate of drug-likeness (QED) is 0.669. The second-order valence-electron chi connectivity index (χ2n) is 4.49. The van der Waals surface area contributed by atoms with Gasteiger partial charge in [-0.25, -0.2) is 4.79 Å². The highest BCUT2D eigenvalue weighted by Gasteiger charge is 2.16. The maximum Gasteiger partial charge on any atom is 0.338 e. The van der Waals surface area contributed by atoms with Crippen molar-refractivity contribution in [1.29, 1.82) is 5.41 Å². The summed E-state index contributed by atoms with van der Waals surface area (Å²) in [6.07, 6.45) is 1.94. The van der Waals surface area contributed by atoms with E-state index in [2.05, 4.69) is 20.8 Å². The number of carbonyl (C=O) groups excluding carboxylic acids is 1. The lowest BCUT2D eigenvalue weighted by molar-refractivity contribution is 0.0531. The van der Waals surface area contributed by atoms with Crippen molar-refractivity contribution in [1.82, 2.24) is 4.90 Å². The number of nitrogens with one attached hydrogen (secondary N) is 1. The van der Waals surface area contributed by atoms with E-state index in [4.69, 9.17) is 10.1 Å². The molecule has 4 nitrogen and oxygen atoms in total. The molecule has 0 amide bonds. The average molecular weight is 325 g/mol. The van der Waals surface area contributed by atoms with Crippen LogP contribution in [0, 0.1) is 5.41 Å². The number of esters is 1. The lowest BCUT2D eigenvalue weighted by Gasteiger charge is -2.17. The van der Waals surface area contributed by atoms with E-state index < -0.39 is 0 Å². The van der Waals surface area contributed by atoms with Gasteiger partial charge in [-0.3, -0.25) is 5.41 Å². The number of benzene rings is 1. The lowest BCUT2D eigenvalue weighted by Crippen LogP contribution is -2.23. The van der Waals surface area contributed by atoms with Crippen LogP contribution in [-0.4, -0.2) is 35.2 Å². The summed E-state index contributed by atoms with van der Waals surface area (Å²) in [6.45, 7) is 2.08. The first-order valence-corrected chi connectivity index (χ1v) is 7.47. The van der Waals surface area contributed by atoms with E-state index in [1.54, 1.807) is 12.1 Å². The molecule has 0 bridgehead atoms.